The van der Waals surface area contributed by atoms with Crippen LogP contribution in [0.2, 0.25) is 0 Å². The van der Waals surface area contributed by atoms with E-state index in [2.05, 4.69) is 27.2 Å². The summed E-state index contributed by atoms with van der Waals surface area (Å²) in [5.74, 6) is 1.56. The van der Waals surface area contributed by atoms with Crippen molar-refractivity contribution < 1.29 is 4.79 Å². The molecule has 1 aromatic heterocycles. The molecule has 22 heavy (non-hydrogen) atoms. The van der Waals surface area contributed by atoms with Gasteiger partial charge in [-0.1, -0.05) is 5.57 Å². The maximum Gasteiger partial charge on any atom is 0.243 e. The van der Waals surface area contributed by atoms with E-state index in [1.165, 1.54) is 12.8 Å². The molecule has 1 unspecified atom stereocenters. The number of carbonyl (C=O) groups excluding carboxylic acids is 1. The van der Waals surface area contributed by atoms with Gasteiger partial charge in [0.1, 0.15) is 12.2 Å². The van der Waals surface area contributed by atoms with Crippen molar-refractivity contribution in [3.8, 4) is 0 Å². The first-order chi connectivity index (χ1) is 10.6. The highest BCUT2D eigenvalue weighted by Crippen LogP contribution is 2.17. The Kier molecular flexibility index (Phi) is 6.12. The molecule has 122 valence electrons. The summed E-state index contributed by atoms with van der Waals surface area (Å²) in [5.41, 5.74) is 1.03. The lowest BCUT2D eigenvalue weighted by Crippen LogP contribution is -2.40. The van der Waals surface area contributed by atoms with Crippen molar-refractivity contribution in [1.82, 2.24) is 25.0 Å². The molecular formula is C16H27N5O. The molecule has 0 saturated carbocycles. The van der Waals surface area contributed by atoms with Crippen molar-refractivity contribution in [2.45, 2.75) is 46.7 Å². The lowest BCUT2D eigenvalue weighted by Gasteiger charge is -2.32. The zero-order valence-corrected chi connectivity index (χ0v) is 13.9. The van der Waals surface area contributed by atoms with Crippen LogP contribution in [0, 0.1) is 5.92 Å². The smallest absolute Gasteiger partial charge is 0.243 e. The maximum atomic E-state index is 11.7. The highest BCUT2D eigenvalue weighted by molar-refractivity contribution is 5.87. The molecule has 1 amide bonds. The van der Waals surface area contributed by atoms with Gasteiger partial charge in [0.15, 0.2) is 0 Å². The van der Waals surface area contributed by atoms with Crippen LogP contribution in [0.1, 0.15) is 39.4 Å². The number of piperidine rings is 1. The predicted octanol–water partition coefficient (Wildman–Crippen LogP) is 1.59. The molecule has 1 aliphatic heterocycles. The van der Waals surface area contributed by atoms with E-state index in [9.17, 15) is 4.79 Å². The number of likely N-dealkylation sites (tertiary alicyclic amines) is 1. The van der Waals surface area contributed by atoms with Crippen molar-refractivity contribution in [1.29, 1.82) is 0 Å². The molecule has 1 N–H and O–H groups in total. The molecular weight excluding hydrogens is 278 g/mol. The van der Waals surface area contributed by atoms with Gasteiger partial charge in [-0.15, -0.1) is 0 Å². The van der Waals surface area contributed by atoms with Gasteiger partial charge in [0.2, 0.25) is 5.91 Å². The summed E-state index contributed by atoms with van der Waals surface area (Å²) in [5, 5.41) is 7.23. The van der Waals surface area contributed by atoms with E-state index in [0.29, 0.717) is 5.92 Å². The third kappa shape index (κ3) is 4.94. The van der Waals surface area contributed by atoms with Crippen molar-refractivity contribution in [2.75, 3.05) is 19.6 Å². The maximum absolute atomic E-state index is 11.7. The summed E-state index contributed by atoms with van der Waals surface area (Å²) in [7, 11) is 0. The van der Waals surface area contributed by atoms with Crippen LogP contribution in [0.3, 0.4) is 0 Å². The average Bonchev–Trinajstić information content (AvgIpc) is 2.92. The molecule has 1 fully saturated rings. The Bertz CT molecular complexity index is 518. The Morgan fingerprint density at radius 1 is 1.50 bits per heavy atom. The second-order valence-corrected chi connectivity index (χ2v) is 6.20. The Labute approximate surface area is 132 Å². The number of nitrogens with one attached hydrogen (secondary N) is 1. The second kappa shape index (κ2) is 8.08. The SMILES string of the molecule is CCn1ncnc1CN1CCCC(CNC(=O)C=C(C)C)C1. The number of rotatable bonds is 6. The average molecular weight is 305 g/mol. The monoisotopic (exact) mass is 305 g/mol. The molecule has 0 spiro atoms. The van der Waals surface area contributed by atoms with Crippen molar-refractivity contribution in [2.24, 2.45) is 5.92 Å². The molecule has 1 aliphatic rings. The zero-order valence-electron chi connectivity index (χ0n) is 13.9. The lowest BCUT2D eigenvalue weighted by molar-refractivity contribution is -0.116. The summed E-state index contributed by atoms with van der Waals surface area (Å²) >= 11 is 0. The minimum absolute atomic E-state index is 0.0165. The number of hydrogen-bond donors (Lipinski definition) is 1. The highest BCUT2D eigenvalue weighted by atomic mass is 16.1. The molecule has 1 atom stereocenters. The number of amides is 1. The molecule has 6 heteroatoms. The minimum Gasteiger partial charge on any atom is -0.352 e. The lowest BCUT2D eigenvalue weighted by atomic mass is 9.98. The standard InChI is InChI=1S/C16H27N5O/c1-4-21-15(18-12-19-21)11-20-7-5-6-14(10-20)9-17-16(22)8-13(2)3/h8,12,14H,4-7,9-11H2,1-3H3,(H,17,22). The summed E-state index contributed by atoms with van der Waals surface area (Å²) in [6.07, 6.45) is 5.62. The molecule has 2 heterocycles. The van der Waals surface area contributed by atoms with Crippen LogP contribution in [-0.4, -0.2) is 45.2 Å². The van der Waals surface area contributed by atoms with E-state index in [0.717, 1.165) is 44.1 Å². The fourth-order valence-corrected chi connectivity index (χ4v) is 2.89. The number of carbonyl (C=O) groups is 1. The van der Waals surface area contributed by atoms with Crippen LogP contribution in [0.25, 0.3) is 0 Å². The van der Waals surface area contributed by atoms with Crippen LogP contribution < -0.4 is 5.32 Å². The van der Waals surface area contributed by atoms with E-state index in [1.807, 2.05) is 18.5 Å². The Balaban J connectivity index is 1.81. The fraction of sp³-hybridized carbons (Fsp3) is 0.688. The molecule has 0 radical (unpaired) electrons. The van der Waals surface area contributed by atoms with Crippen molar-refractivity contribution >= 4 is 5.91 Å². The normalized spacial score (nSPS) is 19.0. The molecule has 1 aromatic rings. The van der Waals surface area contributed by atoms with Crippen LogP contribution >= 0.6 is 0 Å². The number of allylic oxidation sites excluding steroid dienone is 1. The quantitative estimate of drug-likeness (QED) is 0.811. The second-order valence-electron chi connectivity index (χ2n) is 6.20. The van der Waals surface area contributed by atoms with E-state index in [4.69, 9.17) is 0 Å². The van der Waals surface area contributed by atoms with Crippen LogP contribution in [0.5, 0.6) is 0 Å². The van der Waals surface area contributed by atoms with Crippen LogP contribution in [0.15, 0.2) is 18.0 Å². The number of nitrogens with zero attached hydrogens (tertiary/aromatic N) is 4. The van der Waals surface area contributed by atoms with Crippen LogP contribution in [-0.2, 0) is 17.9 Å². The largest absolute Gasteiger partial charge is 0.352 e. The number of hydrogen-bond acceptors (Lipinski definition) is 4. The van der Waals surface area contributed by atoms with Gasteiger partial charge in [-0.25, -0.2) is 9.67 Å². The van der Waals surface area contributed by atoms with Gasteiger partial charge in [-0.3, -0.25) is 9.69 Å². The summed E-state index contributed by atoms with van der Waals surface area (Å²) in [6, 6.07) is 0. The van der Waals surface area contributed by atoms with Gasteiger partial charge >= 0.3 is 0 Å². The van der Waals surface area contributed by atoms with E-state index >= 15 is 0 Å². The topological polar surface area (TPSA) is 63.1 Å². The fourth-order valence-electron chi connectivity index (χ4n) is 2.89. The molecule has 2 rings (SSSR count). The van der Waals surface area contributed by atoms with Gasteiger partial charge in [-0.05, 0) is 46.1 Å². The highest BCUT2D eigenvalue weighted by Gasteiger charge is 2.21. The first-order valence-corrected chi connectivity index (χ1v) is 8.10. The Morgan fingerprint density at radius 3 is 3.05 bits per heavy atom. The van der Waals surface area contributed by atoms with E-state index < -0.39 is 0 Å². The summed E-state index contributed by atoms with van der Waals surface area (Å²) < 4.78 is 1.94. The van der Waals surface area contributed by atoms with Crippen molar-refractivity contribution in [3.05, 3.63) is 23.8 Å². The van der Waals surface area contributed by atoms with Crippen molar-refractivity contribution in [3.63, 3.8) is 0 Å². The Hall–Kier alpha value is -1.69. The molecule has 1 saturated heterocycles. The molecule has 0 aromatic carbocycles. The third-order valence-electron chi connectivity index (χ3n) is 3.95. The molecule has 0 aliphatic carbocycles. The number of aromatic nitrogens is 3. The molecule has 0 bridgehead atoms. The number of aryl methyl sites for hydroxylation is 1. The third-order valence-corrected chi connectivity index (χ3v) is 3.95. The van der Waals surface area contributed by atoms with Gasteiger partial charge in [-0.2, -0.15) is 5.10 Å². The summed E-state index contributed by atoms with van der Waals surface area (Å²) in [6.45, 7) is 10.5. The van der Waals surface area contributed by atoms with Gasteiger partial charge < -0.3 is 5.32 Å². The van der Waals surface area contributed by atoms with E-state index in [1.54, 1.807) is 12.4 Å². The van der Waals surface area contributed by atoms with Gasteiger partial charge in [0, 0.05) is 25.7 Å². The first kappa shape index (κ1) is 16.7. The minimum atomic E-state index is 0.0165. The van der Waals surface area contributed by atoms with Gasteiger partial charge in [0.25, 0.3) is 0 Å². The first-order valence-electron chi connectivity index (χ1n) is 8.10. The predicted molar refractivity (Wildman–Crippen MR) is 86.1 cm³/mol. The molecule has 6 nitrogen and oxygen atoms in total. The van der Waals surface area contributed by atoms with E-state index in [-0.39, 0.29) is 5.91 Å². The Morgan fingerprint density at radius 2 is 2.32 bits per heavy atom. The summed E-state index contributed by atoms with van der Waals surface area (Å²) in [4.78, 5) is 18.5. The van der Waals surface area contributed by atoms with Gasteiger partial charge in [0.05, 0.1) is 6.54 Å². The zero-order chi connectivity index (χ0) is 15.9. The van der Waals surface area contributed by atoms with Crippen LogP contribution in [0.4, 0.5) is 0 Å².